The van der Waals surface area contributed by atoms with Gasteiger partial charge in [-0.05, 0) is 19.9 Å². The molecule has 0 aliphatic heterocycles. The summed E-state index contributed by atoms with van der Waals surface area (Å²) in [5, 5.41) is 8.17. The number of hydrogen-bond acceptors (Lipinski definition) is 4. The number of nitrogens with zero attached hydrogens (tertiary/aromatic N) is 1. The monoisotopic (exact) mass is 250 g/mol. The highest BCUT2D eigenvalue weighted by molar-refractivity contribution is 6.01. The van der Waals surface area contributed by atoms with Crippen LogP contribution in [0.4, 0.5) is 5.69 Å². The number of amides is 2. The summed E-state index contributed by atoms with van der Waals surface area (Å²) in [6.45, 7) is 4.00. The summed E-state index contributed by atoms with van der Waals surface area (Å²) in [4.78, 5) is 27.4. The van der Waals surface area contributed by atoms with Crippen LogP contribution in [-0.2, 0) is 4.79 Å². The molecule has 0 saturated carbocycles. The van der Waals surface area contributed by atoms with Gasteiger partial charge in [0.1, 0.15) is 6.04 Å². The number of carbonyl (C=O) groups excluding carboxylic acids is 2. The van der Waals surface area contributed by atoms with E-state index in [9.17, 15) is 9.59 Å². The molecular weight excluding hydrogens is 232 g/mol. The van der Waals surface area contributed by atoms with Gasteiger partial charge in [0.05, 0.1) is 5.56 Å². The van der Waals surface area contributed by atoms with Crippen LogP contribution in [0.1, 0.15) is 24.2 Å². The largest absolute Gasteiger partial charge is 0.387 e. The van der Waals surface area contributed by atoms with Crippen molar-refractivity contribution in [2.24, 2.45) is 0 Å². The predicted molar refractivity (Wildman–Crippen MR) is 69.4 cm³/mol. The van der Waals surface area contributed by atoms with E-state index in [-0.39, 0.29) is 11.8 Å². The third kappa shape index (κ3) is 3.44. The zero-order valence-electron chi connectivity index (χ0n) is 10.8. The Labute approximate surface area is 106 Å². The summed E-state index contributed by atoms with van der Waals surface area (Å²) in [6, 6.07) is 1.12. The molecule has 0 fully saturated rings. The normalized spacial score (nSPS) is 11.5. The Kier molecular flexibility index (Phi) is 5.10. The second kappa shape index (κ2) is 6.58. The summed E-state index contributed by atoms with van der Waals surface area (Å²) >= 11 is 0. The standard InChI is InChI=1S/C12H18N4O2/c1-4-15-11(17)8(2)16-12(18)9-7-14-6-5-10(9)13-3/h5-8H,4H2,1-3H3,(H,13,14)(H,15,17)(H,16,18). The van der Waals surface area contributed by atoms with Gasteiger partial charge in [-0.2, -0.15) is 0 Å². The lowest BCUT2D eigenvalue weighted by molar-refractivity contribution is -0.122. The third-order valence-electron chi connectivity index (χ3n) is 2.43. The predicted octanol–water partition coefficient (Wildman–Crippen LogP) is 0.378. The van der Waals surface area contributed by atoms with Crippen molar-refractivity contribution < 1.29 is 9.59 Å². The van der Waals surface area contributed by atoms with Crippen molar-refractivity contribution in [2.75, 3.05) is 18.9 Å². The van der Waals surface area contributed by atoms with E-state index < -0.39 is 6.04 Å². The maximum Gasteiger partial charge on any atom is 0.255 e. The molecule has 0 radical (unpaired) electrons. The summed E-state index contributed by atoms with van der Waals surface area (Å²) in [6.07, 6.45) is 3.06. The van der Waals surface area contributed by atoms with Gasteiger partial charge in [-0.1, -0.05) is 0 Å². The fraction of sp³-hybridized carbons (Fsp3) is 0.417. The lowest BCUT2D eigenvalue weighted by Crippen LogP contribution is -2.44. The third-order valence-corrected chi connectivity index (χ3v) is 2.43. The Hall–Kier alpha value is -2.11. The SMILES string of the molecule is CCNC(=O)C(C)NC(=O)c1cnccc1NC. The van der Waals surface area contributed by atoms with Gasteiger partial charge in [0, 0.05) is 31.7 Å². The first-order valence-electron chi connectivity index (χ1n) is 5.80. The number of likely N-dealkylation sites (N-methyl/N-ethyl adjacent to an activating group) is 1. The van der Waals surface area contributed by atoms with Crippen LogP contribution in [0.15, 0.2) is 18.5 Å². The lowest BCUT2D eigenvalue weighted by atomic mass is 10.2. The van der Waals surface area contributed by atoms with Crippen molar-refractivity contribution in [3.63, 3.8) is 0 Å². The number of carbonyl (C=O) groups is 2. The number of hydrogen-bond donors (Lipinski definition) is 3. The van der Waals surface area contributed by atoms with E-state index in [1.54, 1.807) is 26.2 Å². The number of rotatable bonds is 5. The first-order chi connectivity index (χ1) is 8.60. The highest BCUT2D eigenvalue weighted by atomic mass is 16.2. The van der Waals surface area contributed by atoms with E-state index in [2.05, 4.69) is 20.9 Å². The second-order valence-corrected chi connectivity index (χ2v) is 3.76. The van der Waals surface area contributed by atoms with Gasteiger partial charge in [0.25, 0.3) is 5.91 Å². The molecule has 18 heavy (non-hydrogen) atoms. The van der Waals surface area contributed by atoms with Gasteiger partial charge in [0.2, 0.25) is 5.91 Å². The molecule has 6 nitrogen and oxygen atoms in total. The minimum absolute atomic E-state index is 0.208. The van der Waals surface area contributed by atoms with Crippen LogP contribution in [0.2, 0.25) is 0 Å². The van der Waals surface area contributed by atoms with E-state index in [4.69, 9.17) is 0 Å². The number of pyridine rings is 1. The number of nitrogens with one attached hydrogen (secondary N) is 3. The van der Waals surface area contributed by atoms with Crippen LogP contribution < -0.4 is 16.0 Å². The molecule has 1 unspecified atom stereocenters. The molecule has 0 bridgehead atoms. The topological polar surface area (TPSA) is 83.1 Å². The van der Waals surface area contributed by atoms with Crippen LogP contribution in [0.5, 0.6) is 0 Å². The Bertz CT molecular complexity index is 434. The summed E-state index contributed by atoms with van der Waals surface area (Å²) < 4.78 is 0. The van der Waals surface area contributed by atoms with Gasteiger partial charge in [0.15, 0.2) is 0 Å². The van der Waals surface area contributed by atoms with Crippen molar-refractivity contribution in [2.45, 2.75) is 19.9 Å². The van der Waals surface area contributed by atoms with Crippen molar-refractivity contribution in [1.29, 1.82) is 0 Å². The highest BCUT2D eigenvalue weighted by Crippen LogP contribution is 2.12. The van der Waals surface area contributed by atoms with Crippen LogP contribution in [0.3, 0.4) is 0 Å². The number of aromatic nitrogens is 1. The Morgan fingerprint density at radius 3 is 2.78 bits per heavy atom. The van der Waals surface area contributed by atoms with Crippen molar-refractivity contribution in [3.8, 4) is 0 Å². The molecule has 1 heterocycles. The summed E-state index contributed by atoms with van der Waals surface area (Å²) in [5.74, 6) is -0.535. The maximum absolute atomic E-state index is 12.0. The van der Waals surface area contributed by atoms with Crippen LogP contribution in [-0.4, -0.2) is 36.4 Å². The Morgan fingerprint density at radius 2 is 2.17 bits per heavy atom. The summed E-state index contributed by atoms with van der Waals surface area (Å²) in [7, 11) is 1.72. The minimum atomic E-state index is -0.581. The van der Waals surface area contributed by atoms with Gasteiger partial charge in [-0.15, -0.1) is 0 Å². The molecule has 0 saturated heterocycles. The molecule has 0 aromatic carbocycles. The van der Waals surface area contributed by atoms with E-state index >= 15 is 0 Å². The quantitative estimate of drug-likeness (QED) is 0.705. The van der Waals surface area contributed by atoms with E-state index in [0.29, 0.717) is 17.8 Å². The maximum atomic E-state index is 12.0. The molecule has 0 aliphatic carbocycles. The first kappa shape index (κ1) is 14.0. The molecule has 0 spiro atoms. The van der Waals surface area contributed by atoms with E-state index in [1.165, 1.54) is 6.20 Å². The molecule has 2 amide bonds. The fourth-order valence-corrected chi connectivity index (χ4v) is 1.46. The van der Waals surface area contributed by atoms with Crippen molar-refractivity contribution in [3.05, 3.63) is 24.0 Å². The average molecular weight is 250 g/mol. The molecular formula is C12H18N4O2. The molecule has 98 valence electrons. The average Bonchev–Trinajstić information content (AvgIpc) is 2.38. The van der Waals surface area contributed by atoms with Crippen molar-refractivity contribution >= 4 is 17.5 Å². The zero-order chi connectivity index (χ0) is 13.5. The second-order valence-electron chi connectivity index (χ2n) is 3.76. The molecule has 6 heteroatoms. The molecule has 0 aliphatic rings. The van der Waals surface area contributed by atoms with Gasteiger partial charge in [-0.3, -0.25) is 14.6 Å². The lowest BCUT2D eigenvalue weighted by Gasteiger charge is -2.14. The van der Waals surface area contributed by atoms with Crippen molar-refractivity contribution in [1.82, 2.24) is 15.6 Å². The smallest absolute Gasteiger partial charge is 0.255 e. The molecule has 3 N–H and O–H groups in total. The minimum Gasteiger partial charge on any atom is -0.387 e. The Morgan fingerprint density at radius 1 is 1.44 bits per heavy atom. The Balaban J connectivity index is 2.73. The molecule has 1 aromatic rings. The van der Waals surface area contributed by atoms with E-state index in [1.807, 2.05) is 6.92 Å². The van der Waals surface area contributed by atoms with Gasteiger partial charge < -0.3 is 16.0 Å². The first-order valence-corrected chi connectivity index (χ1v) is 5.80. The summed E-state index contributed by atoms with van der Waals surface area (Å²) in [5.41, 5.74) is 1.08. The fourth-order valence-electron chi connectivity index (χ4n) is 1.46. The van der Waals surface area contributed by atoms with Crippen LogP contribution in [0, 0.1) is 0 Å². The van der Waals surface area contributed by atoms with Crippen LogP contribution in [0.25, 0.3) is 0 Å². The van der Waals surface area contributed by atoms with Gasteiger partial charge in [-0.25, -0.2) is 0 Å². The zero-order valence-corrected chi connectivity index (χ0v) is 10.8. The molecule has 1 atom stereocenters. The molecule has 1 aromatic heterocycles. The van der Waals surface area contributed by atoms with Gasteiger partial charge >= 0.3 is 0 Å². The van der Waals surface area contributed by atoms with Crippen LogP contribution >= 0.6 is 0 Å². The molecule has 1 rings (SSSR count). The highest BCUT2D eigenvalue weighted by Gasteiger charge is 2.17. The number of anilines is 1. The van der Waals surface area contributed by atoms with E-state index in [0.717, 1.165) is 0 Å².